The average molecular weight is 172 g/mol. The molecule has 1 fully saturated rings. The number of nitrogens with two attached hydrogens (primary N) is 1. The van der Waals surface area contributed by atoms with Crippen LogP contribution in [0.4, 0.5) is 4.79 Å². The smallest absolute Gasteiger partial charge is 0.315 e. The van der Waals surface area contributed by atoms with Crippen molar-refractivity contribution >= 4 is 6.03 Å². The molecule has 1 unspecified atom stereocenters. The van der Waals surface area contributed by atoms with E-state index in [-0.39, 0.29) is 18.7 Å². The number of aliphatic hydroxyl groups excluding tert-OH is 1. The van der Waals surface area contributed by atoms with Crippen molar-refractivity contribution in [2.45, 2.75) is 31.7 Å². The molecule has 3 N–H and O–H groups in total. The highest BCUT2D eigenvalue weighted by Crippen LogP contribution is 2.20. The fourth-order valence-electron chi connectivity index (χ4n) is 1.75. The van der Waals surface area contributed by atoms with Gasteiger partial charge in [-0.3, -0.25) is 0 Å². The Bertz CT molecular complexity index is 161. The molecule has 1 aliphatic rings. The zero-order valence-corrected chi connectivity index (χ0v) is 7.20. The van der Waals surface area contributed by atoms with E-state index in [0.29, 0.717) is 0 Å². The lowest BCUT2D eigenvalue weighted by Crippen LogP contribution is -2.39. The van der Waals surface area contributed by atoms with Crippen LogP contribution in [0.15, 0.2) is 0 Å². The van der Waals surface area contributed by atoms with Crippen molar-refractivity contribution < 1.29 is 9.90 Å². The molecule has 1 heterocycles. The minimum absolute atomic E-state index is 0.198. The maximum Gasteiger partial charge on any atom is 0.315 e. The molecule has 0 saturated carbocycles. The summed E-state index contributed by atoms with van der Waals surface area (Å²) in [6, 6.07) is -0.0508. The van der Waals surface area contributed by atoms with Crippen LogP contribution in [-0.2, 0) is 0 Å². The second kappa shape index (κ2) is 4.30. The van der Waals surface area contributed by atoms with Gasteiger partial charge >= 0.3 is 6.03 Å². The number of urea groups is 1. The molecule has 4 heteroatoms. The molecule has 0 bridgehead atoms. The van der Waals surface area contributed by atoms with Crippen LogP contribution in [0.1, 0.15) is 25.7 Å². The maximum atomic E-state index is 10.9. The van der Waals surface area contributed by atoms with Gasteiger partial charge in [-0.15, -0.1) is 0 Å². The molecule has 0 radical (unpaired) electrons. The third-order valence-corrected chi connectivity index (χ3v) is 2.36. The Labute approximate surface area is 72.3 Å². The van der Waals surface area contributed by atoms with Gasteiger partial charge in [-0.25, -0.2) is 4.79 Å². The van der Waals surface area contributed by atoms with Gasteiger partial charge in [0.1, 0.15) is 0 Å². The Morgan fingerprint density at radius 1 is 1.67 bits per heavy atom. The van der Waals surface area contributed by atoms with Gasteiger partial charge in [0.15, 0.2) is 0 Å². The van der Waals surface area contributed by atoms with Crippen molar-refractivity contribution in [2.75, 3.05) is 13.2 Å². The summed E-state index contributed by atoms with van der Waals surface area (Å²) in [4.78, 5) is 12.6. The van der Waals surface area contributed by atoms with E-state index in [2.05, 4.69) is 0 Å². The maximum absolute atomic E-state index is 10.9. The topological polar surface area (TPSA) is 66.6 Å². The zero-order chi connectivity index (χ0) is 8.97. The number of aliphatic hydroxyl groups is 1. The second-order valence-electron chi connectivity index (χ2n) is 3.19. The fraction of sp³-hybridized carbons (Fsp3) is 0.875. The van der Waals surface area contributed by atoms with Gasteiger partial charge in [0.2, 0.25) is 0 Å². The lowest BCUT2D eigenvalue weighted by molar-refractivity contribution is 0.193. The van der Waals surface area contributed by atoms with Crippen molar-refractivity contribution in [3.8, 4) is 0 Å². The monoisotopic (exact) mass is 172 g/mol. The molecule has 70 valence electrons. The summed E-state index contributed by atoms with van der Waals surface area (Å²) < 4.78 is 0. The molecule has 4 nitrogen and oxygen atoms in total. The summed E-state index contributed by atoms with van der Waals surface area (Å²) >= 11 is 0. The van der Waals surface area contributed by atoms with Crippen LogP contribution < -0.4 is 5.73 Å². The first-order valence-corrected chi connectivity index (χ1v) is 4.42. The SMILES string of the molecule is NC(=O)N1CCCC1CCCO. The van der Waals surface area contributed by atoms with Crippen molar-refractivity contribution in [3.05, 3.63) is 0 Å². The number of likely N-dealkylation sites (tertiary alicyclic amines) is 1. The minimum atomic E-state index is -0.324. The van der Waals surface area contributed by atoms with E-state index in [1.165, 1.54) is 0 Å². The van der Waals surface area contributed by atoms with Crippen LogP contribution in [0.25, 0.3) is 0 Å². The molecule has 0 aromatic carbocycles. The van der Waals surface area contributed by atoms with Crippen molar-refractivity contribution in [3.63, 3.8) is 0 Å². The van der Waals surface area contributed by atoms with Gasteiger partial charge in [0.25, 0.3) is 0 Å². The molecule has 2 amide bonds. The molecular weight excluding hydrogens is 156 g/mol. The van der Waals surface area contributed by atoms with Gasteiger partial charge in [-0.05, 0) is 25.7 Å². The predicted octanol–water partition coefficient (Wildman–Crippen LogP) is 0.302. The summed E-state index contributed by atoms with van der Waals surface area (Å²) in [6.45, 7) is 0.981. The molecular formula is C8H16N2O2. The first-order chi connectivity index (χ1) is 5.75. The van der Waals surface area contributed by atoms with E-state index in [1.54, 1.807) is 4.90 Å². The van der Waals surface area contributed by atoms with E-state index in [0.717, 1.165) is 32.2 Å². The number of carbonyl (C=O) groups excluding carboxylic acids is 1. The van der Waals surface area contributed by atoms with Gasteiger partial charge in [-0.1, -0.05) is 0 Å². The van der Waals surface area contributed by atoms with Crippen molar-refractivity contribution in [2.24, 2.45) is 5.73 Å². The van der Waals surface area contributed by atoms with Gasteiger partial charge in [0, 0.05) is 19.2 Å². The average Bonchev–Trinajstić information content (AvgIpc) is 2.48. The number of amides is 2. The van der Waals surface area contributed by atoms with Gasteiger partial charge in [0.05, 0.1) is 0 Å². The van der Waals surface area contributed by atoms with Crippen LogP contribution in [-0.4, -0.2) is 35.2 Å². The molecule has 1 rings (SSSR count). The Balaban J connectivity index is 2.35. The number of hydrogen-bond donors (Lipinski definition) is 2. The highest BCUT2D eigenvalue weighted by Gasteiger charge is 2.26. The Morgan fingerprint density at radius 3 is 3.00 bits per heavy atom. The lowest BCUT2D eigenvalue weighted by atomic mass is 10.1. The van der Waals surface area contributed by atoms with Crippen LogP contribution >= 0.6 is 0 Å². The molecule has 1 aliphatic heterocycles. The van der Waals surface area contributed by atoms with E-state index in [9.17, 15) is 4.79 Å². The largest absolute Gasteiger partial charge is 0.396 e. The summed E-state index contributed by atoms with van der Waals surface area (Å²) in [5.74, 6) is 0. The van der Waals surface area contributed by atoms with Crippen LogP contribution in [0.5, 0.6) is 0 Å². The Morgan fingerprint density at radius 2 is 2.42 bits per heavy atom. The van der Waals surface area contributed by atoms with Crippen molar-refractivity contribution in [1.82, 2.24) is 4.90 Å². The third kappa shape index (κ3) is 2.11. The lowest BCUT2D eigenvalue weighted by Gasteiger charge is -2.21. The van der Waals surface area contributed by atoms with Gasteiger partial charge in [-0.2, -0.15) is 0 Å². The number of nitrogens with zero attached hydrogens (tertiary/aromatic N) is 1. The molecule has 12 heavy (non-hydrogen) atoms. The van der Waals surface area contributed by atoms with Crippen molar-refractivity contribution in [1.29, 1.82) is 0 Å². The molecule has 1 saturated heterocycles. The van der Waals surface area contributed by atoms with E-state index in [1.807, 2.05) is 0 Å². The number of rotatable bonds is 3. The zero-order valence-electron chi connectivity index (χ0n) is 7.20. The summed E-state index contributed by atoms with van der Waals surface area (Å²) in [5.41, 5.74) is 5.18. The highest BCUT2D eigenvalue weighted by atomic mass is 16.3. The van der Waals surface area contributed by atoms with Crippen LogP contribution in [0, 0.1) is 0 Å². The van der Waals surface area contributed by atoms with E-state index in [4.69, 9.17) is 10.8 Å². The Kier molecular flexibility index (Phi) is 3.34. The van der Waals surface area contributed by atoms with E-state index < -0.39 is 0 Å². The number of carbonyl (C=O) groups is 1. The molecule has 0 aromatic heterocycles. The Hall–Kier alpha value is -0.770. The molecule has 0 aromatic rings. The normalized spacial score (nSPS) is 23.1. The number of hydrogen-bond acceptors (Lipinski definition) is 2. The second-order valence-corrected chi connectivity index (χ2v) is 3.19. The van der Waals surface area contributed by atoms with E-state index >= 15 is 0 Å². The molecule has 1 atom stereocenters. The third-order valence-electron chi connectivity index (χ3n) is 2.36. The first-order valence-electron chi connectivity index (χ1n) is 4.42. The number of primary amides is 1. The minimum Gasteiger partial charge on any atom is -0.396 e. The predicted molar refractivity (Wildman–Crippen MR) is 45.6 cm³/mol. The van der Waals surface area contributed by atoms with Crippen LogP contribution in [0.3, 0.4) is 0 Å². The van der Waals surface area contributed by atoms with Gasteiger partial charge < -0.3 is 15.7 Å². The first kappa shape index (κ1) is 9.32. The standard InChI is InChI=1S/C8H16N2O2/c9-8(12)10-5-1-3-7(10)4-2-6-11/h7,11H,1-6H2,(H2,9,12). The summed E-state index contributed by atoms with van der Waals surface area (Å²) in [7, 11) is 0. The summed E-state index contributed by atoms with van der Waals surface area (Å²) in [5, 5.41) is 8.62. The fourth-order valence-corrected chi connectivity index (χ4v) is 1.75. The summed E-state index contributed by atoms with van der Waals surface area (Å²) in [6.07, 6.45) is 3.70. The quantitative estimate of drug-likeness (QED) is 0.643. The van der Waals surface area contributed by atoms with Crippen LogP contribution in [0.2, 0.25) is 0 Å². The molecule has 0 aliphatic carbocycles. The molecule has 0 spiro atoms. The highest BCUT2D eigenvalue weighted by molar-refractivity contribution is 5.72.